The first-order valence-electron chi connectivity index (χ1n) is 11.1. The lowest BCUT2D eigenvalue weighted by Crippen LogP contribution is -2.09. The van der Waals surface area contributed by atoms with Gasteiger partial charge >= 0.3 is 11.9 Å². The summed E-state index contributed by atoms with van der Waals surface area (Å²) >= 11 is 0. The summed E-state index contributed by atoms with van der Waals surface area (Å²) in [5.74, 6) is -0.446. The van der Waals surface area contributed by atoms with Crippen LogP contribution in [0.5, 0.6) is 0 Å². The molecule has 0 saturated heterocycles. The van der Waals surface area contributed by atoms with Crippen LogP contribution < -0.4 is 0 Å². The van der Waals surface area contributed by atoms with Crippen LogP contribution in [0.3, 0.4) is 0 Å². The van der Waals surface area contributed by atoms with Gasteiger partial charge in [0, 0.05) is 12.8 Å². The van der Waals surface area contributed by atoms with Gasteiger partial charge in [0.1, 0.15) is 0 Å². The summed E-state index contributed by atoms with van der Waals surface area (Å²) in [4.78, 5) is 23.1. The molecule has 0 fully saturated rings. The largest absolute Gasteiger partial charge is 0.466 e. The minimum Gasteiger partial charge on any atom is -0.466 e. The Bertz CT molecular complexity index is 365. The predicted molar refractivity (Wildman–Crippen MR) is 112 cm³/mol. The lowest BCUT2D eigenvalue weighted by molar-refractivity contribution is -0.145. The van der Waals surface area contributed by atoms with Crippen LogP contribution in [0.25, 0.3) is 0 Å². The van der Waals surface area contributed by atoms with Crippen LogP contribution in [0.4, 0.5) is 0 Å². The molecule has 0 aromatic heterocycles. The van der Waals surface area contributed by atoms with Gasteiger partial charge in [0.25, 0.3) is 0 Å². The van der Waals surface area contributed by atoms with Gasteiger partial charge in [-0.25, -0.2) is 0 Å². The van der Waals surface area contributed by atoms with E-state index in [0.29, 0.717) is 26.1 Å². The van der Waals surface area contributed by atoms with Crippen LogP contribution in [0, 0.1) is 0 Å². The van der Waals surface area contributed by atoms with Crippen molar-refractivity contribution in [1.29, 1.82) is 0 Å². The second-order valence-corrected chi connectivity index (χ2v) is 7.26. The summed E-state index contributed by atoms with van der Waals surface area (Å²) in [5, 5.41) is 0. The van der Waals surface area contributed by atoms with Gasteiger partial charge < -0.3 is 9.47 Å². The maximum atomic E-state index is 11.6. The number of carbonyl (C=O) groups excluding carboxylic acids is 2. The van der Waals surface area contributed by atoms with Crippen LogP contribution in [-0.4, -0.2) is 25.2 Å². The van der Waals surface area contributed by atoms with Gasteiger partial charge in [-0.2, -0.15) is 0 Å². The Morgan fingerprint density at radius 1 is 0.667 bits per heavy atom. The number of hydrogen-bond donors (Lipinski definition) is 0. The highest BCUT2D eigenvalue weighted by Crippen LogP contribution is 2.11. The second kappa shape index (κ2) is 21.0. The van der Waals surface area contributed by atoms with E-state index < -0.39 is 0 Å². The number of allylic oxidation sites excluding steroid dienone is 1. The highest BCUT2D eigenvalue weighted by molar-refractivity contribution is 5.72. The van der Waals surface area contributed by atoms with Crippen molar-refractivity contribution in [3.8, 4) is 0 Å². The van der Waals surface area contributed by atoms with E-state index in [2.05, 4.69) is 13.5 Å². The lowest BCUT2D eigenvalue weighted by Gasteiger charge is -2.06. The zero-order valence-corrected chi connectivity index (χ0v) is 17.6. The Morgan fingerprint density at radius 2 is 1.11 bits per heavy atom. The van der Waals surface area contributed by atoms with E-state index in [1.54, 1.807) is 6.08 Å². The van der Waals surface area contributed by atoms with Gasteiger partial charge in [-0.1, -0.05) is 77.2 Å². The van der Waals surface area contributed by atoms with Gasteiger partial charge in [0.15, 0.2) is 0 Å². The van der Waals surface area contributed by atoms with Crippen molar-refractivity contribution in [2.24, 2.45) is 0 Å². The average molecular weight is 383 g/mol. The van der Waals surface area contributed by atoms with E-state index in [1.807, 2.05) is 0 Å². The molecule has 0 aromatic rings. The van der Waals surface area contributed by atoms with Gasteiger partial charge in [-0.3, -0.25) is 9.59 Å². The number of carbonyl (C=O) groups is 2. The molecule has 158 valence electrons. The maximum Gasteiger partial charge on any atom is 0.305 e. The molecule has 0 bridgehead atoms. The molecular formula is C23H42O4. The summed E-state index contributed by atoms with van der Waals surface area (Å²) < 4.78 is 10.3. The molecule has 0 radical (unpaired) electrons. The Labute approximate surface area is 167 Å². The van der Waals surface area contributed by atoms with Crippen LogP contribution in [-0.2, 0) is 19.1 Å². The topological polar surface area (TPSA) is 52.6 Å². The Hall–Kier alpha value is -1.32. The van der Waals surface area contributed by atoms with Crippen LogP contribution >= 0.6 is 0 Å². The molecule has 0 saturated carbocycles. The molecule has 4 nitrogen and oxygen atoms in total. The molecule has 0 spiro atoms. The minimum atomic E-state index is -0.239. The number of ether oxygens (including phenoxy) is 2. The molecule has 0 aliphatic carbocycles. The molecule has 0 N–H and O–H groups in total. The molecule has 0 heterocycles. The van der Waals surface area contributed by atoms with E-state index in [-0.39, 0.29) is 18.4 Å². The van der Waals surface area contributed by atoms with E-state index in [4.69, 9.17) is 9.47 Å². The smallest absolute Gasteiger partial charge is 0.305 e. The molecule has 0 aliphatic rings. The average Bonchev–Trinajstić information content (AvgIpc) is 2.66. The molecule has 0 rings (SSSR count). The number of rotatable bonds is 20. The Balaban J connectivity index is 3.27. The molecule has 0 atom stereocenters. The minimum absolute atomic E-state index is 0.207. The van der Waals surface area contributed by atoms with Gasteiger partial charge in [0.05, 0.1) is 13.2 Å². The maximum absolute atomic E-state index is 11.6. The molecular weight excluding hydrogens is 340 g/mol. The third kappa shape index (κ3) is 20.8. The third-order valence-electron chi connectivity index (χ3n) is 4.59. The van der Waals surface area contributed by atoms with E-state index >= 15 is 0 Å². The van der Waals surface area contributed by atoms with Crippen molar-refractivity contribution >= 4 is 11.9 Å². The van der Waals surface area contributed by atoms with Crippen molar-refractivity contribution < 1.29 is 19.1 Å². The number of esters is 2. The number of hydrogen-bond acceptors (Lipinski definition) is 4. The third-order valence-corrected chi connectivity index (χ3v) is 4.59. The monoisotopic (exact) mass is 382 g/mol. The summed E-state index contributed by atoms with van der Waals surface area (Å²) in [7, 11) is 0. The zero-order chi connectivity index (χ0) is 20.0. The normalized spacial score (nSPS) is 10.6. The first-order valence-corrected chi connectivity index (χ1v) is 11.1. The standard InChI is InChI=1S/C23H42O4/c1-3-5-7-8-9-10-11-12-13-14-16-21-27-23(25)19-17-18-22(24)26-20-15-6-4-2/h4H,2-3,5-21H2,1H3. The summed E-state index contributed by atoms with van der Waals surface area (Å²) in [5.41, 5.74) is 0. The van der Waals surface area contributed by atoms with E-state index in [9.17, 15) is 9.59 Å². The Morgan fingerprint density at radius 3 is 1.59 bits per heavy atom. The van der Waals surface area contributed by atoms with Gasteiger partial charge in [-0.15, -0.1) is 6.58 Å². The highest BCUT2D eigenvalue weighted by atomic mass is 16.5. The van der Waals surface area contributed by atoms with E-state index in [1.165, 1.54) is 57.8 Å². The van der Waals surface area contributed by atoms with Crippen LogP contribution in [0.1, 0.15) is 110 Å². The first-order chi connectivity index (χ1) is 13.2. The van der Waals surface area contributed by atoms with Crippen LogP contribution in [0.2, 0.25) is 0 Å². The fourth-order valence-corrected chi connectivity index (χ4v) is 2.89. The molecule has 4 heteroatoms. The molecule has 0 aliphatic heterocycles. The molecule has 0 unspecified atom stereocenters. The Kier molecular flexibility index (Phi) is 20.0. The van der Waals surface area contributed by atoms with Gasteiger partial charge in [0.2, 0.25) is 0 Å². The predicted octanol–water partition coefficient (Wildman–Crippen LogP) is 6.52. The lowest BCUT2D eigenvalue weighted by atomic mass is 10.1. The van der Waals surface area contributed by atoms with E-state index in [0.717, 1.165) is 25.7 Å². The molecule has 27 heavy (non-hydrogen) atoms. The quantitative estimate of drug-likeness (QED) is 0.137. The van der Waals surface area contributed by atoms with Crippen LogP contribution in [0.15, 0.2) is 12.7 Å². The zero-order valence-electron chi connectivity index (χ0n) is 17.6. The molecule has 0 aromatic carbocycles. The van der Waals surface area contributed by atoms with Crippen molar-refractivity contribution in [2.45, 2.75) is 110 Å². The summed E-state index contributed by atoms with van der Waals surface area (Å²) in [6.07, 6.45) is 18.6. The SMILES string of the molecule is C=CCCCOC(=O)CCCC(=O)OCCCCCCCCCCCCC. The highest BCUT2D eigenvalue weighted by Gasteiger charge is 2.07. The fraction of sp³-hybridized carbons (Fsp3) is 0.826. The van der Waals surface area contributed by atoms with Crippen molar-refractivity contribution in [2.75, 3.05) is 13.2 Å². The molecule has 0 amide bonds. The van der Waals surface area contributed by atoms with Gasteiger partial charge in [-0.05, 0) is 25.7 Å². The summed E-state index contributed by atoms with van der Waals surface area (Å²) in [6, 6.07) is 0. The number of unbranched alkanes of at least 4 members (excludes halogenated alkanes) is 11. The summed E-state index contributed by atoms with van der Waals surface area (Å²) in [6.45, 7) is 6.80. The first kappa shape index (κ1) is 25.7. The van der Waals surface area contributed by atoms with Crippen molar-refractivity contribution in [3.05, 3.63) is 12.7 Å². The van der Waals surface area contributed by atoms with Crippen molar-refractivity contribution in [3.63, 3.8) is 0 Å². The second-order valence-electron chi connectivity index (χ2n) is 7.26. The van der Waals surface area contributed by atoms with Crippen molar-refractivity contribution in [1.82, 2.24) is 0 Å². The fourth-order valence-electron chi connectivity index (χ4n) is 2.89.